The third kappa shape index (κ3) is 5.31. The number of nitrogens with zero attached hydrogens (tertiary/aromatic N) is 6. The summed E-state index contributed by atoms with van der Waals surface area (Å²) < 4.78 is 1.75. The molecule has 1 saturated heterocycles. The van der Waals surface area contributed by atoms with Crippen LogP contribution in [0.25, 0.3) is 11.0 Å². The van der Waals surface area contributed by atoms with Crippen LogP contribution in [0, 0.1) is 0 Å². The molecule has 0 aliphatic carbocycles. The maximum absolute atomic E-state index is 4.31. The van der Waals surface area contributed by atoms with E-state index in [4.69, 9.17) is 0 Å². The monoisotopic (exact) mass is 387 g/mol. The maximum atomic E-state index is 4.31. The summed E-state index contributed by atoms with van der Waals surface area (Å²) in [6, 6.07) is 0.727. The second-order valence-corrected chi connectivity index (χ2v) is 7.31. The minimum absolute atomic E-state index is 0.727. The molecule has 0 aromatic carbocycles. The first-order chi connectivity index (χ1) is 13.7. The van der Waals surface area contributed by atoms with Gasteiger partial charge in [-0.05, 0) is 32.7 Å². The van der Waals surface area contributed by atoms with E-state index in [0.717, 1.165) is 61.5 Å². The van der Waals surface area contributed by atoms with Gasteiger partial charge in [0.15, 0.2) is 11.6 Å². The summed E-state index contributed by atoms with van der Waals surface area (Å²) >= 11 is 0. The number of hydrogen-bond acceptors (Lipinski definition) is 6. The van der Waals surface area contributed by atoms with Crippen molar-refractivity contribution in [2.45, 2.75) is 38.6 Å². The molecule has 0 bridgehead atoms. The zero-order chi connectivity index (χ0) is 19.8. The summed E-state index contributed by atoms with van der Waals surface area (Å²) in [7, 11) is 3.68. The third-order valence-electron chi connectivity index (χ3n) is 5.32. The molecule has 1 unspecified atom stereocenters. The number of anilines is 1. The molecule has 2 aromatic heterocycles. The summed E-state index contributed by atoms with van der Waals surface area (Å²) in [5, 5.41) is 15.2. The smallest absolute Gasteiger partial charge is 0.191 e. The fourth-order valence-electron chi connectivity index (χ4n) is 3.66. The van der Waals surface area contributed by atoms with E-state index in [1.165, 1.54) is 25.8 Å². The number of aryl methyl sites for hydroxylation is 1. The first-order valence-electron chi connectivity index (χ1n) is 10.2. The van der Waals surface area contributed by atoms with Crippen molar-refractivity contribution >= 4 is 22.8 Å². The largest absolute Gasteiger partial charge is 0.368 e. The number of guanidine groups is 1. The van der Waals surface area contributed by atoms with Crippen LogP contribution >= 0.6 is 0 Å². The molecule has 1 atom stereocenters. The second-order valence-electron chi connectivity index (χ2n) is 7.31. The Morgan fingerprint density at radius 3 is 2.89 bits per heavy atom. The zero-order valence-electron chi connectivity index (χ0n) is 17.3. The first kappa shape index (κ1) is 20.3. The molecule has 1 aliphatic rings. The minimum atomic E-state index is 0.727. The van der Waals surface area contributed by atoms with Crippen molar-refractivity contribution in [2.75, 3.05) is 45.1 Å². The predicted octanol–water partition coefficient (Wildman–Crippen LogP) is 1.20. The normalized spacial score (nSPS) is 18.4. The van der Waals surface area contributed by atoms with Crippen LogP contribution in [0.3, 0.4) is 0 Å². The minimum Gasteiger partial charge on any atom is -0.368 e. The van der Waals surface area contributed by atoms with Crippen LogP contribution in [0.2, 0.25) is 0 Å². The Balaban J connectivity index is 1.34. The topological polar surface area (TPSA) is 95.3 Å². The van der Waals surface area contributed by atoms with Gasteiger partial charge in [-0.1, -0.05) is 6.42 Å². The Morgan fingerprint density at radius 2 is 2.07 bits per heavy atom. The Bertz CT molecular complexity index is 770. The number of fused-ring (bicyclic) bond motifs is 1. The van der Waals surface area contributed by atoms with Gasteiger partial charge in [-0.3, -0.25) is 9.67 Å². The number of aromatic nitrogens is 4. The van der Waals surface area contributed by atoms with Gasteiger partial charge in [0.2, 0.25) is 0 Å². The Morgan fingerprint density at radius 1 is 1.21 bits per heavy atom. The summed E-state index contributed by atoms with van der Waals surface area (Å²) in [6.07, 6.45) is 8.52. The van der Waals surface area contributed by atoms with Gasteiger partial charge in [0, 0.05) is 46.3 Å². The molecule has 9 heteroatoms. The fraction of sp³-hybridized carbons (Fsp3) is 0.684. The van der Waals surface area contributed by atoms with Gasteiger partial charge in [0.25, 0.3) is 0 Å². The highest BCUT2D eigenvalue weighted by Crippen LogP contribution is 2.17. The molecular formula is C19H33N9. The van der Waals surface area contributed by atoms with Crippen molar-refractivity contribution < 1.29 is 0 Å². The molecule has 0 spiro atoms. The van der Waals surface area contributed by atoms with Crippen LogP contribution < -0.4 is 16.0 Å². The van der Waals surface area contributed by atoms with Crippen molar-refractivity contribution in [1.82, 2.24) is 35.3 Å². The van der Waals surface area contributed by atoms with E-state index < -0.39 is 0 Å². The lowest BCUT2D eigenvalue weighted by Crippen LogP contribution is -2.42. The summed E-state index contributed by atoms with van der Waals surface area (Å²) in [5.74, 6) is 1.64. The van der Waals surface area contributed by atoms with E-state index in [1.54, 1.807) is 24.3 Å². The van der Waals surface area contributed by atoms with Crippen LogP contribution in [0.4, 0.5) is 5.82 Å². The van der Waals surface area contributed by atoms with Crippen molar-refractivity contribution in [3.8, 4) is 0 Å². The molecule has 1 aliphatic heterocycles. The second kappa shape index (κ2) is 10.2. The average molecular weight is 388 g/mol. The van der Waals surface area contributed by atoms with Gasteiger partial charge >= 0.3 is 0 Å². The van der Waals surface area contributed by atoms with E-state index in [2.05, 4.69) is 47.8 Å². The molecule has 3 N–H and O–H groups in total. The summed E-state index contributed by atoms with van der Waals surface area (Å²) in [5.41, 5.74) is 0.825. The number of hydrogen-bond donors (Lipinski definition) is 3. The highest BCUT2D eigenvalue weighted by molar-refractivity contribution is 5.86. The lowest BCUT2D eigenvalue weighted by atomic mass is 10.0. The molecule has 2 aromatic rings. The molecule has 0 saturated carbocycles. The quantitative estimate of drug-likeness (QED) is 0.356. The Kier molecular flexibility index (Phi) is 7.41. The van der Waals surface area contributed by atoms with Crippen molar-refractivity contribution in [2.24, 2.45) is 12.0 Å². The molecule has 0 amide bonds. The van der Waals surface area contributed by atoms with Crippen molar-refractivity contribution in [3.63, 3.8) is 0 Å². The number of likely N-dealkylation sites (tertiary alicyclic amines) is 1. The van der Waals surface area contributed by atoms with Gasteiger partial charge in [0.1, 0.15) is 12.1 Å². The van der Waals surface area contributed by atoms with Crippen molar-refractivity contribution in [3.05, 3.63) is 12.5 Å². The molecular weight excluding hydrogens is 354 g/mol. The van der Waals surface area contributed by atoms with Crippen LogP contribution in [0.15, 0.2) is 17.5 Å². The van der Waals surface area contributed by atoms with Gasteiger partial charge in [-0.2, -0.15) is 5.10 Å². The molecule has 3 heterocycles. The summed E-state index contributed by atoms with van der Waals surface area (Å²) in [6.45, 7) is 7.14. The van der Waals surface area contributed by atoms with Crippen LogP contribution in [0.1, 0.15) is 32.6 Å². The lowest BCUT2D eigenvalue weighted by molar-refractivity contribution is 0.159. The fourth-order valence-corrected chi connectivity index (χ4v) is 3.66. The molecule has 28 heavy (non-hydrogen) atoms. The number of rotatable bonds is 8. The van der Waals surface area contributed by atoms with Crippen molar-refractivity contribution in [1.29, 1.82) is 0 Å². The number of piperidine rings is 1. The third-order valence-corrected chi connectivity index (χ3v) is 5.32. The molecule has 154 valence electrons. The van der Waals surface area contributed by atoms with Gasteiger partial charge in [-0.25, -0.2) is 9.97 Å². The Labute approximate surface area is 167 Å². The highest BCUT2D eigenvalue weighted by atomic mass is 15.3. The maximum Gasteiger partial charge on any atom is 0.191 e. The van der Waals surface area contributed by atoms with Crippen LogP contribution in [-0.2, 0) is 7.05 Å². The SMILES string of the molecule is CN=C(NCCCN1CCCCC1C)NCCNc1ncnc2c1cnn2C. The van der Waals surface area contributed by atoms with E-state index >= 15 is 0 Å². The van der Waals surface area contributed by atoms with E-state index in [-0.39, 0.29) is 0 Å². The molecule has 1 fully saturated rings. The summed E-state index contributed by atoms with van der Waals surface area (Å²) in [4.78, 5) is 15.5. The number of aliphatic imine (C=N–C) groups is 1. The van der Waals surface area contributed by atoms with E-state index in [9.17, 15) is 0 Å². The molecule has 9 nitrogen and oxygen atoms in total. The first-order valence-corrected chi connectivity index (χ1v) is 10.2. The van der Waals surface area contributed by atoms with Gasteiger partial charge in [0.05, 0.1) is 11.6 Å². The highest BCUT2D eigenvalue weighted by Gasteiger charge is 2.17. The average Bonchev–Trinajstić information content (AvgIpc) is 3.10. The number of nitrogens with one attached hydrogen (secondary N) is 3. The predicted molar refractivity (Wildman–Crippen MR) is 114 cm³/mol. The lowest BCUT2D eigenvalue weighted by Gasteiger charge is -2.33. The van der Waals surface area contributed by atoms with Crippen LogP contribution in [-0.4, -0.2) is 76.4 Å². The zero-order valence-corrected chi connectivity index (χ0v) is 17.3. The van der Waals surface area contributed by atoms with E-state index in [0.29, 0.717) is 0 Å². The molecule has 3 rings (SSSR count). The Hall–Kier alpha value is -2.42. The van der Waals surface area contributed by atoms with Gasteiger partial charge < -0.3 is 20.9 Å². The standard InChI is InChI=1S/C19H33N9/c1-15-7-4-5-11-28(15)12-6-8-22-19(20-2)23-10-9-21-17-16-13-26-27(3)18(16)25-14-24-17/h13-15H,4-12H2,1-3H3,(H2,20,22,23)(H,21,24,25). The van der Waals surface area contributed by atoms with E-state index in [1.807, 2.05) is 7.05 Å². The molecule has 0 radical (unpaired) electrons. The van der Waals surface area contributed by atoms with Crippen LogP contribution in [0.5, 0.6) is 0 Å². The van der Waals surface area contributed by atoms with Gasteiger partial charge in [-0.15, -0.1) is 0 Å².